The van der Waals surface area contributed by atoms with E-state index in [2.05, 4.69) is 16.0 Å². The van der Waals surface area contributed by atoms with Crippen LogP contribution in [0.5, 0.6) is 5.75 Å². The van der Waals surface area contributed by atoms with Crippen molar-refractivity contribution in [1.82, 2.24) is 0 Å². The lowest BCUT2D eigenvalue weighted by molar-refractivity contribution is -0.114. The standard InChI is InChI=1S/C27H25N3O5/c1-3-34-22-11-8-20(9-12-22)30-27(33)18-4-6-19(7-5-18)29-25(31)16-28-21-10-13-23-17(2)14-26(32)35-24(23)15-21/h4-15,28H,3,16H2,1-2H3,(H,29,31)(H,30,33). The minimum atomic E-state index is -0.415. The summed E-state index contributed by atoms with van der Waals surface area (Å²) < 4.78 is 10.6. The summed E-state index contributed by atoms with van der Waals surface area (Å²) in [5.74, 6) is 0.219. The first-order valence-electron chi connectivity index (χ1n) is 11.1. The number of ether oxygens (including phenoxy) is 1. The number of anilines is 3. The molecule has 0 bridgehead atoms. The Bertz CT molecular complexity index is 1410. The molecule has 0 aliphatic carbocycles. The number of carbonyl (C=O) groups is 2. The van der Waals surface area contributed by atoms with Gasteiger partial charge in [-0.25, -0.2) is 4.79 Å². The Hall–Kier alpha value is -4.59. The van der Waals surface area contributed by atoms with Crippen LogP contribution in [0.4, 0.5) is 17.1 Å². The molecule has 2 amide bonds. The van der Waals surface area contributed by atoms with Gasteiger partial charge in [-0.1, -0.05) is 0 Å². The second-order valence-corrected chi connectivity index (χ2v) is 7.85. The second-order valence-electron chi connectivity index (χ2n) is 7.85. The lowest BCUT2D eigenvalue weighted by Crippen LogP contribution is -2.21. The number of aryl methyl sites for hydroxylation is 1. The van der Waals surface area contributed by atoms with E-state index in [9.17, 15) is 14.4 Å². The van der Waals surface area contributed by atoms with Crippen LogP contribution >= 0.6 is 0 Å². The van der Waals surface area contributed by atoms with Crippen molar-refractivity contribution in [2.24, 2.45) is 0 Å². The Kier molecular flexibility index (Phi) is 7.11. The fraction of sp³-hybridized carbons (Fsp3) is 0.148. The molecule has 0 aliphatic rings. The van der Waals surface area contributed by atoms with Crippen LogP contribution in [0.25, 0.3) is 11.0 Å². The maximum absolute atomic E-state index is 12.5. The molecular weight excluding hydrogens is 446 g/mol. The molecule has 1 aromatic heterocycles. The molecule has 4 rings (SSSR count). The zero-order chi connectivity index (χ0) is 24.8. The molecule has 0 spiro atoms. The van der Waals surface area contributed by atoms with Crippen molar-refractivity contribution >= 4 is 39.8 Å². The lowest BCUT2D eigenvalue weighted by Gasteiger charge is -2.10. The highest BCUT2D eigenvalue weighted by Gasteiger charge is 2.09. The topological polar surface area (TPSA) is 110 Å². The fourth-order valence-electron chi connectivity index (χ4n) is 3.53. The predicted molar refractivity (Wildman–Crippen MR) is 136 cm³/mol. The summed E-state index contributed by atoms with van der Waals surface area (Å²) in [7, 11) is 0. The summed E-state index contributed by atoms with van der Waals surface area (Å²) >= 11 is 0. The van der Waals surface area contributed by atoms with Crippen LogP contribution in [0.3, 0.4) is 0 Å². The summed E-state index contributed by atoms with van der Waals surface area (Å²) in [5, 5.41) is 9.46. The Balaban J connectivity index is 1.31. The Morgan fingerprint density at radius 3 is 2.23 bits per heavy atom. The van der Waals surface area contributed by atoms with Gasteiger partial charge in [0.15, 0.2) is 0 Å². The first kappa shape index (κ1) is 23.6. The molecule has 0 saturated carbocycles. The molecule has 0 fully saturated rings. The van der Waals surface area contributed by atoms with Crippen molar-refractivity contribution in [3.05, 3.63) is 94.3 Å². The van der Waals surface area contributed by atoms with E-state index in [-0.39, 0.29) is 18.4 Å². The summed E-state index contributed by atoms with van der Waals surface area (Å²) in [6, 6.07) is 20.5. The maximum atomic E-state index is 12.5. The van der Waals surface area contributed by atoms with Crippen molar-refractivity contribution in [2.45, 2.75) is 13.8 Å². The van der Waals surface area contributed by atoms with Gasteiger partial charge in [-0.15, -0.1) is 0 Å². The van der Waals surface area contributed by atoms with Gasteiger partial charge in [-0.2, -0.15) is 0 Å². The monoisotopic (exact) mass is 471 g/mol. The molecule has 1 heterocycles. The van der Waals surface area contributed by atoms with Crippen molar-refractivity contribution in [3.63, 3.8) is 0 Å². The van der Waals surface area contributed by atoms with Gasteiger partial charge in [0.2, 0.25) is 5.91 Å². The number of benzene rings is 3. The maximum Gasteiger partial charge on any atom is 0.336 e. The molecule has 0 atom stereocenters. The molecule has 178 valence electrons. The van der Waals surface area contributed by atoms with Crippen LogP contribution in [-0.4, -0.2) is 25.0 Å². The molecular formula is C27H25N3O5. The van der Waals surface area contributed by atoms with Gasteiger partial charge in [0.05, 0.1) is 13.2 Å². The molecule has 3 aromatic carbocycles. The molecule has 0 saturated heterocycles. The van der Waals surface area contributed by atoms with Crippen molar-refractivity contribution in [2.75, 3.05) is 29.1 Å². The normalized spacial score (nSPS) is 10.6. The summed E-state index contributed by atoms with van der Waals surface area (Å²) in [4.78, 5) is 36.4. The Morgan fingerprint density at radius 2 is 1.51 bits per heavy atom. The third-order valence-electron chi connectivity index (χ3n) is 5.26. The molecule has 8 nitrogen and oxygen atoms in total. The number of hydrogen-bond acceptors (Lipinski definition) is 6. The van der Waals surface area contributed by atoms with Gasteiger partial charge in [-0.3, -0.25) is 9.59 Å². The van der Waals surface area contributed by atoms with Gasteiger partial charge in [0.25, 0.3) is 5.91 Å². The van der Waals surface area contributed by atoms with E-state index < -0.39 is 5.63 Å². The average Bonchev–Trinajstić information content (AvgIpc) is 2.84. The largest absolute Gasteiger partial charge is 0.494 e. The predicted octanol–water partition coefficient (Wildman–Crippen LogP) is 4.80. The summed E-state index contributed by atoms with van der Waals surface area (Å²) in [5.41, 5.74) is 3.21. The van der Waals surface area contributed by atoms with Crippen LogP contribution in [0.1, 0.15) is 22.8 Å². The first-order chi connectivity index (χ1) is 16.9. The molecule has 4 aromatic rings. The molecule has 8 heteroatoms. The SMILES string of the molecule is CCOc1ccc(NC(=O)c2ccc(NC(=O)CNc3ccc4c(C)cc(=O)oc4c3)cc2)cc1. The van der Waals surface area contributed by atoms with Crippen LogP contribution in [-0.2, 0) is 4.79 Å². The van der Waals surface area contributed by atoms with Crippen molar-refractivity contribution in [3.8, 4) is 5.75 Å². The van der Waals surface area contributed by atoms with E-state index in [0.29, 0.717) is 34.8 Å². The number of carbonyl (C=O) groups excluding carboxylic acids is 2. The van der Waals surface area contributed by atoms with E-state index in [1.54, 1.807) is 54.6 Å². The fourth-order valence-corrected chi connectivity index (χ4v) is 3.53. The van der Waals surface area contributed by atoms with E-state index >= 15 is 0 Å². The zero-order valence-electron chi connectivity index (χ0n) is 19.4. The highest BCUT2D eigenvalue weighted by Crippen LogP contribution is 2.21. The highest BCUT2D eigenvalue weighted by molar-refractivity contribution is 6.04. The average molecular weight is 472 g/mol. The number of hydrogen-bond donors (Lipinski definition) is 3. The van der Waals surface area contributed by atoms with Gasteiger partial charge >= 0.3 is 5.63 Å². The minimum absolute atomic E-state index is 0.0154. The minimum Gasteiger partial charge on any atom is -0.494 e. The first-order valence-corrected chi connectivity index (χ1v) is 11.1. The van der Waals surface area contributed by atoms with Gasteiger partial charge in [0.1, 0.15) is 11.3 Å². The number of nitrogens with one attached hydrogen (secondary N) is 3. The highest BCUT2D eigenvalue weighted by atomic mass is 16.5. The Morgan fingerprint density at radius 1 is 0.857 bits per heavy atom. The van der Waals surface area contributed by atoms with E-state index in [1.807, 2.05) is 26.0 Å². The number of rotatable bonds is 8. The van der Waals surface area contributed by atoms with Crippen molar-refractivity contribution < 1.29 is 18.7 Å². The Labute approximate surface area is 201 Å². The lowest BCUT2D eigenvalue weighted by atomic mass is 10.1. The molecule has 3 N–H and O–H groups in total. The second kappa shape index (κ2) is 10.6. The van der Waals surface area contributed by atoms with Gasteiger partial charge in [0, 0.05) is 40.1 Å². The molecule has 35 heavy (non-hydrogen) atoms. The third-order valence-corrected chi connectivity index (χ3v) is 5.26. The van der Waals surface area contributed by atoms with E-state index in [4.69, 9.17) is 9.15 Å². The van der Waals surface area contributed by atoms with Crippen LogP contribution in [0.15, 0.2) is 82.0 Å². The molecule has 0 unspecified atom stereocenters. The number of amides is 2. The zero-order valence-corrected chi connectivity index (χ0v) is 19.4. The van der Waals surface area contributed by atoms with E-state index in [1.165, 1.54) is 6.07 Å². The summed E-state index contributed by atoms with van der Waals surface area (Å²) in [6.07, 6.45) is 0. The van der Waals surface area contributed by atoms with Crippen molar-refractivity contribution in [1.29, 1.82) is 0 Å². The molecule has 0 radical (unpaired) electrons. The van der Waals surface area contributed by atoms with Gasteiger partial charge < -0.3 is 25.1 Å². The van der Waals surface area contributed by atoms with Crippen LogP contribution in [0, 0.1) is 6.92 Å². The number of fused-ring (bicyclic) bond motifs is 1. The van der Waals surface area contributed by atoms with E-state index in [0.717, 1.165) is 16.7 Å². The molecule has 0 aliphatic heterocycles. The van der Waals surface area contributed by atoms with Crippen LogP contribution in [0.2, 0.25) is 0 Å². The smallest absolute Gasteiger partial charge is 0.336 e. The summed E-state index contributed by atoms with van der Waals surface area (Å²) in [6.45, 7) is 4.34. The van der Waals surface area contributed by atoms with Gasteiger partial charge in [-0.05, 0) is 80.1 Å². The van der Waals surface area contributed by atoms with Crippen LogP contribution < -0.4 is 26.3 Å². The quantitative estimate of drug-likeness (QED) is 0.319. The third kappa shape index (κ3) is 6.05.